The lowest BCUT2D eigenvalue weighted by atomic mass is 10.3. The van der Waals surface area contributed by atoms with Crippen LogP contribution in [0.25, 0.3) is 11.0 Å². The molecule has 5 heteroatoms. The Morgan fingerprint density at radius 1 is 1.30 bits per heavy atom. The summed E-state index contributed by atoms with van der Waals surface area (Å²) in [7, 11) is 0. The van der Waals surface area contributed by atoms with Crippen molar-refractivity contribution in [3.63, 3.8) is 0 Å². The number of nitrogens with one attached hydrogen (secondary N) is 1. The molecule has 20 heavy (non-hydrogen) atoms. The molecule has 0 atom stereocenters. The number of aromatic nitrogens is 2. The van der Waals surface area contributed by atoms with Crippen molar-refractivity contribution in [2.75, 3.05) is 5.43 Å². The van der Waals surface area contributed by atoms with Gasteiger partial charge >= 0.3 is 0 Å². The Hall–Kier alpha value is -2.56. The summed E-state index contributed by atoms with van der Waals surface area (Å²) in [6.45, 7) is 4.82. The number of hydrogen-bond acceptors (Lipinski definition) is 4. The van der Waals surface area contributed by atoms with E-state index in [9.17, 15) is 0 Å². The molecule has 3 aromatic rings. The highest BCUT2D eigenvalue weighted by atomic mass is 16.3. The van der Waals surface area contributed by atoms with Gasteiger partial charge < -0.3 is 8.98 Å². The fourth-order valence-electron chi connectivity index (χ4n) is 2.16. The van der Waals surface area contributed by atoms with Gasteiger partial charge in [0.05, 0.1) is 17.2 Å². The van der Waals surface area contributed by atoms with Crippen molar-refractivity contribution in [3.05, 3.63) is 47.9 Å². The molecule has 3 rings (SSSR count). The van der Waals surface area contributed by atoms with E-state index in [1.807, 2.05) is 37.3 Å². The van der Waals surface area contributed by atoms with Crippen molar-refractivity contribution in [1.29, 1.82) is 0 Å². The van der Waals surface area contributed by atoms with Gasteiger partial charge in [0.1, 0.15) is 11.5 Å². The second kappa shape index (κ2) is 5.21. The minimum absolute atomic E-state index is 0.717. The van der Waals surface area contributed by atoms with Gasteiger partial charge in [0.2, 0.25) is 5.95 Å². The maximum absolute atomic E-state index is 5.42. The molecule has 2 heterocycles. The maximum atomic E-state index is 5.42. The summed E-state index contributed by atoms with van der Waals surface area (Å²) in [5.74, 6) is 2.31. The quantitative estimate of drug-likeness (QED) is 0.582. The Morgan fingerprint density at radius 3 is 2.90 bits per heavy atom. The van der Waals surface area contributed by atoms with E-state index >= 15 is 0 Å². The Labute approximate surface area is 116 Å². The second-order valence-electron chi connectivity index (χ2n) is 4.49. The summed E-state index contributed by atoms with van der Waals surface area (Å²) in [5.41, 5.74) is 5.03. The number of nitrogens with zero attached hydrogens (tertiary/aromatic N) is 3. The highest BCUT2D eigenvalue weighted by molar-refractivity contribution is 5.79. The van der Waals surface area contributed by atoms with Crippen LogP contribution in [0.1, 0.15) is 18.4 Å². The molecule has 102 valence electrons. The number of anilines is 1. The zero-order chi connectivity index (χ0) is 13.9. The number of hydrogen-bond donors (Lipinski definition) is 1. The summed E-state index contributed by atoms with van der Waals surface area (Å²) in [6, 6.07) is 11.8. The van der Waals surface area contributed by atoms with Crippen LogP contribution in [0, 0.1) is 6.92 Å². The molecule has 0 unspecified atom stereocenters. The SMILES string of the molecule is CCn1c(N/N=C\c2ccc(C)o2)nc2ccccc21. The van der Waals surface area contributed by atoms with Crippen LogP contribution >= 0.6 is 0 Å². The van der Waals surface area contributed by atoms with Gasteiger partial charge in [0.15, 0.2) is 0 Å². The third-order valence-corrected chi connectivity index (χ3v) is 3.09. The molecule has 0 radical (unpaired) electrons. The van der Waals surface area contributed by atoms with Crippen LogP contribution < -0.4 is 5.43 Å². The summed E-state index contributed by atoms with van der Waals surface area (Å²) in [6.07, 6.45) is 1.65. The van der Waals surface area contributed by atoms with E-state index in [0.29, 0.717) is 5.76 Å². The van der Waals surface area contributed by atoms with E-state index in [2.05, 4.69) is 33.1 Å². The van der Waals surface area contributed by atoms with Gasteiger partial charge in [-0.15, -0.1) is 0 Å². The van der Waals surface area contributed by atoms with E-state index in [4.69, 9.17) is 4.42 Å². The second-order valence-corrected chi connectivity index (χ2v) is 4.49. The van der Waals surface area contributed by atoms with E-state index in [0.717, 1.165) is 29.3 Å². The summed E-state index contributed by atoms with van der Waals surface area (Å²) < 4.78 is 7.50. The lowest BCUT2D eigenvalue weighted by molar-refractivity contribution is 0.528. The number of benzene rings is 1. The maximum Gasteiger partial charge on any atom is 0.224 e. The molecule has 0 amide bonds. The fourth-order valence-corrected chi connectivity index (χ4v) is 2.16. The van der Waals surface area contributed by atoms with Gasteiger partial charge in [-0.05, 0) is 38.1 Å². The minimum atomic E-state index is 0.717. The van der Waals surface area contributed by atoms with Crippen molar-refractivity contribution >= 4 is 23.2 Å². The largest absolute Gasteiger partial charge is 0.460 e. The smallest absolute Gasteiger partial charge is 0.224 e. The molecule has 0 aliphatic rings. The van der Waals surface area contributed by atoms with Crippen molar-refractivity contribution in [3.8, 4) is 0 Å². The van der Waals surface area contributed by atoms with E-state index in [1.165, 1.54) is 0 Å². The van der Waals surface area contributed by atoms with Crippen LogP contribution in [0.2, 0.25) is 0 Å². The minimum Gasteiger partial charge on any atom is -0.460 e. The fraction of sp³-hybridized carbons (Fsp3) is 0.200. The predicted molar refractivity (Wildman–Crippen MR) is 80.1 cm³/mol. The first-order valence-electron chi connectivity index (χ1n) is 6.58. The molecule has 0 spiro atoms. The van der Waals surface area contributed by atoms with Gasteiger partial charge in [-0.1, -0.05) is 12.1 Å². The van der Waals surface area contributed by atoms with Crippen molar-refractivity contribution in [2.45, 2.75) is 20.4 Å². The van der Waals surface area contributed by atoms with Gasteiger partial charge in [-0.25, -0.2) is 10.4 Å². The summed E-state index contributed by atoms with van der Waals surface area (Å²) in [5, 5.41) is 4.18. The molecule has 5 nitrogen and oxygen atoms in total. The number of fused-ring (bicyclic) bond motifs is 1. The van der Waals surface area contributed by atoms with Crippen LogP contribution in [0.5, 0.6) is 0 Å². The van der Waals surface area contributed by atoms with Crippen LogP contribution in [0.15, 0.2) is 45.9 Å². The number of furan rings is 1. The van der Waals surface area contributed by atoms with E-state index < -0.39 is 0 Å². The number of imidazole rings is 1. The average molecular weight is 268 g/mol. The first kappa shape index (κ1) is 12.5. The zero-order valence-corrected chi connectivity index (χ0v) is 11.5. The third kappa shape index (κ3) is 2.30. The van der Waals surface area contributed by atoms with Gasteiger partial charge in [-0.2, -0.15) is 5.10 Å². The summed E-state index contributed by atoms with van der Waals surface area (Å²) in [4.78, 5) is 4.53. The Morgan fingerprint density at radius 2 is 2.15 bits per heavy atom. The van der Waals surface area contributed by atoms with E-state index in [-0.39, 0.29) is 0 Å². The molecule has 1 N–H and O–H groups in total. The highest BCUT2D eigenvalue weighted by Gasteiger charge is 2.07. The molecular weight excluding hydrogens is 252 g/mol. The van der Waals surface area contributed by atoms with Crippen LogP contribution in [-0.2, 0) is 6.54 Å². The number of hydrazone groups is 1. The topological polar surface area (TPSA) is 55.4 Å². The first-order valence-corrected chi connectivity index (χ1v) is 6.58. The first-order chi connectivity index (χ1) is 9.78. The Bertz CT molecular complexity index is 754. The van der Waals surface area contributed by atoms with Gasteiger partial charge in [0.25, 0.3) is 0 Å². The lowest BCUT2D eigenvalue weighted by Gasteiger charge is -2.03. The third-order valence-electron chi connectivity index (χ3n) is 3.09. The molecule has 0 aliphatic heterocycles. The Kier molecular flexibility index (Phi) is 3.25. The molecule has 0 saturated carbocycles. The van der Waals surface area contributed by atoms with Crippen molar-refractivity contribution in [2.24, 2.45) is 5.10 Å². The number of rotatable bonds is 4. The van der Waals surface area contributed by atoms with E-state index in [1.54, 1.807) is 6.21 Å². The molecule has 2 aromatic heterocycles. The van der Waals surface area contributed by atoms with Crippen LogP contribution in [0.4, 0.5) is 5.95 Å². The van der Waals surface area contributed by atoms with Crippen LogP contribution in [-0.4, -0.2) is 15.8 Å². The lowest BCUT2D eigenvalue weighted by Crippen LogP contribution is -2.01. The van der Waals surface area contributed by atoms with Gasteiger partial charge in [-0.3, -0.25) is 0 Å². The standard InChI is InChI=1S/C15H16N4O/c1-3-19-14-7-5-4-6-13(14)17-15(19)18-16-10-12-9-8-11(2)20-12/h4-10H,3H2,1-2H3,(H,17,18)/b16-10-. The average Bonchev–Trinajstić information content (AvgIpc) is 3.02. The normalized spacial score (nSPS) is 11.5. The number of aryl methyl sites for hydroxylation is 2. The highest BCUT2D eigenvalue weighted by Crippen LogP contribution is 2.19. The van der Waals surface area contributed by atoms with Crippen molar-refractivity contribution < 1.29 is 4.42 Å². The monoisotopic (exact) mass is 268 g/mol. The molecule has 1 aromatic carbocycles. The molecule has 0 bridgehead atoms. The van der Waals surface area contributed by atoms with Crippen molar-refractivity contribution in [1.82, 2.24) is 9.55 Å². The summed E-state index contributed by atoms with van der Waals surface area (Å²) >= 11 is 0. The molecular formula is C15H16N4O. The predicted octanol–water partition coefficient (Wildman–Crippen LogP) is 3.40. The zero-order valence-electron chi connectivity index (χ0n) is 11.5. The number of para-hydroxylation sites is 2. The van der Waals surface area contributed by atoms with Gasteiger partial charge in [0, 0.05) is 6.54 Å². The molecule has 0 fully saturated rings. The molecule has 0 saturated heterocycles. The Balaban J connectivity index is 1.85. The van der Waals surface area contributed by atoms with Crippen LogP contribution in [0.3, 0.4) is 0 Å². The molecule has 0 aliphatic carbocycles.